The molecule has 0 spiro atoms. The summed E-state index contributed by atoms with van der Waals surface area (Å²) in [7, 11) is 6.35. The standard InChI is InChI=1S/C18H29FN2/c1-14-9-10-15(19)13-16(14)17(20-2)18(21(3)4)11-7-5-6-8-12-18/h9-10,13,17,20H,5-8,11-12H2,1-4H3. The summed E-state index contributed by atoms with van der Waals surface area (Å²) < 4.78 is 13.8. The Hall–Kier alpha value is -0.930. The molecule has 1 aliphatic rings. The first-order chi connectivity index (χ1) is 10.0. The number of halogens is 1. The maximum Gasteiger partial charge on any atom is 0.123 e. The average molecular weight is 292 g/mol. The monoisotopic (exact) mass is 292 g/mol. The van der Waals surface area contributed by atoms with Crippen LogP contribution in [0.3, 0.4) is 0 Å². The lowest BCUT2D eigenvalue weighted by Crippen LogP contribution is -2.53. The Morgan fingerprint density at radius 3 is 2.29 bits per heavy atom. The van der Waals surface area contributed by atoms with Crippen molar-refractivity contribution in [3.8, 4) is 0 Å². The van der Waals surface area contributed by atoms with Crippen molar-refractivity contribution >= 4 is 0 Å². The molecule has 1 aliphatic carbocycles. The maximum absolute atomic E-state index is 13.8. The van der Waals surface area contributed by atoms with Crippen molar-refractivity contribution in [1.82, 2.24) is 10.2 Å². The molecule has 1 aromatic carbocycles. The summed E-state index contributed by atoms with van der Waals surface area (Å²) in [5.74, 6) is -0.140. The first kappa shape index (κ1) is 16.4. The van der Waals surface area contributed by atoms with Crippen LogP contribution in [0.1, 0.15) is 55.7 Å². The highest BCUT2D eigenvalue weighted by atomic mass is 19.1. The van der Waals surface area contributed by atoms with Crippen LogP contribution in [-0.4, -0.2) is 31.6 Å². The Labute approximate surface area is 128 Å². The van der Waals surface area contributed by atoms with Gasteiger partial charge in [-0.25, -0.2) is 4.39 Å². The number of hydrogen-bond donors (Lipinski definition) is 1. The van der Waals surface area contributed by atoms with E-state index in [1.165, 1.54) is 44.1 Å². The Bertz CT molecular complexity index is 462. The van der Waals surface area contributed by atoms with Crippen molar-refractivity contribution < 1.29 is 4.39 Å². The van der Waals surface area contributed by atoms with Crippen molar-refractivity contribution in [2.45, 2.75) is 57.0 Å². The summed E-state index contributed by atoms with van der Waals surface area (Å²) in [6, 6.07) is 5.34. The van der Waals surface area contributed by atoms with Crippen LogP contribution in [0.2, 0.25) is 0 Å². The lowest BCUT2D eigenvalue weighted by Gasteiger charge is -2.46. The molecular formula is C18H29FN2. The highest BCUT2D eigenvalue weighted by molar-refractivity contribution is 5.32. The molecule has 118 valence electrons. The summed E-state index contributed by atoms with van der Waals surface area (Å²) in [6.07, 6.45) is 7.47. The van der Waals surface area contributed by atoms with Crippen LogP contribution in [0.5, 0.6) is 0 Å². The molecule has 1 fully saturated rings. The van der Waals surface area contributed by atoms with Gasteiger partial charge in [0.05, 0.1) is 6.04 Å². The molecule has 1 N–H and O–H groups in total. The van der Waals surface area contributed by atoms with E-state index in [0.29, 0.717) is 0 Å². The van der Waals surface area contributed by atoms with Crippen LogP contribution < -0.4 is 5.32 Å². The number of benzene rings is 1. The van der Waals surface area contributed by atoms with Gasteiger partial charge in [-0.2, -0.15) is 0 Å². The van der Waals surface area contributed by atoms with Crippen LogP contribution in [0.15, 0.2) is 18.2 Å². The second kappa shape index (κ2) is 6.89. The topological polar surface area (TPSA) is 15.3 Å². The van der Waals surface area contributed by atoms with Gasteiger partial charge in [0.15, 0.2) is 0 Å². The zero-order valence-corrected chi connectivity index (χ0v) is 13.9. The van der Waals surface area contributed by atoms with Gasteiger partial charge in [-0.05, 0) is 64.2 Å². The summed E-state index contributed by atoms with van der Waals surface area (Å²) in [5, 5.41) is 3.50. The van der Waals surface area contributed by atoms with Gasteiger partial charge in [-0.15, -0.1) is 0 Å². The third kappa shape index (κ3) is 3.29. The number of rotatable bonds is 4. The quantitative estimate of drug-likeness (QED) is 0.842. The summed E-state index contributed by atoms with van der Waals surface area (Å²) in [4.78, 5) is 2.36. The normalized spacial score (nSPS) is 20.3. The molecule has 0 aliphatic heterocycles. The molecule has 0 radical (unpaired) electrons. The molecule has 1 saturated carbocycles. The fraction of sp³-hybridized carbons (Fsp3) is 0.667. The molecule has 3 heteroatoms. The molecular weight excluding hydrogens is 263 g/mol. The minimum Gasteiger partial charge on any atom is -0.311 e. The largest absolute Gasteiger partial charge is 0.311 e. The second-order valence-electron chi connectivity index (χ2n) is 6.63. The minimum atomic E-state index is -0.140. The summed E-state index contributed by atoms with van der Waals surface area (Å²) >= 11 is 0. The average Bonchev–Trinajstić information content (AvgIpc) is 2.70. The van der Waals surface area contributed by atoms with Gasteiger partial charge < -0.3 is 10.2 Å². The molecule has 21 heavy (non-hydrogen) atoms. The number of nitrogens with one attached hydrogen (secondary N) is 1. The SMILES string of the molecule is CNC(c1cc(F)ccc1C)C1(N(C)C)CCCCCC1. The van der Waals surface area contributed by atoms with E-state index in [-0.39, 0.29) is 17.4 Å². The predicted octanol–water partition coefficient (Wildman–Crippen LogP) is 4.05. The highest BCUT2D eigenvalue weighted by Gasteiger charge is 2.41. The van der Waals surface area contributed by atoms with Crippen LogP contribution in [0.4, 0.5) is 4.39 Å². The van der Waals surface area contributed by atoms with E-state index >= 15 is 0 Å². The van der Waals surface area contributed by atoms with Gasteiger partial charge in [0, 0.05) is 5.54 Å². The fourth-order valence-electron chi connectivity index (χ4n) is 3.97. The van der Waals surface area contributed by atoms with Crippen molar-refractivity contribution in [3.63, 3.8) is 0 Å². The van der Waals surface area contributed by atoms with E-state index in [1.807, 2.05) is 13.1 Å². The Morgan fingerprint density at radius 1 is 1.14 bits per heavy atom. The molecule has 0 heterocycles. The van der Waals surface area contributed by atoms with Gasteiger partial charge in [-0.3, -0.25) is 0 Å². The lowest BCUT2D eigenvalue weighted by atomic mass is 9.77. The van der Waals surface area contributed by atoms with E-state index in [2.05, 4.69) is 31.2 Å². The molecule has 1 atom stereocenters. The van der Waals surface area contributed by atoms with Gasteiger partial charge in [0.25, 0.3) is 0 Å². The highest BCUT2D eigenvalue weighted by Crippen LogP contribution is 2.41. The minimum absolute atomic E-state index is 0.0732. The number of hydrogen-bond acceptors (Lipinski definition) is 2. The van der Waals surface area contributed by atoms with E-state index in [1.54, 1.807) is 12.1 Å². The summed E-state index contributed by atoms with van der Waals surface area (Å²) in [6.45, 7) is 2.08. The third-order valence-electron chi connectivity index (χ3n) is 5.24. The van der Waals surface area contributed by atoms with E-state index in [0.717, 1.165) is 5.56 Å². The predicted molar refractivity (Wildman–Crippen MR) is 87.1 cm³/mol. The summed E-state index contributed by atoms with van der Waals surface area (Å²) in [5.41, 5.74) is 2.35. The Balaban J connectivity index is 2.46. The van der Waals surface area contributed by atoms with Crippen LogP contribution in [0, 0.1) is 12.7 Å². The molecule has 0 amide bonds. The zero-order valence-electron chi connectivity index (χ0n) is 13.9. The number of aryl methyl sites for hydroxylation is 1. The van der Waals surface area contributed by atoms with Crippen LogP contribution in [0.25, 0.3) is 0 Å². The Kier molecular flexibility index (Phi) is 5.39. The van der Waals surface area contributed by atoms with Gasteiger partial charge >= 0.3 is 0 Å². The number of likely N-dealkylation sites (N-methyl/N-ethyl adjacent to an activating group) is 2. The molecule has 2 nitrogen and oxygen atoms in total. The van der Waals surface area contributed by atoms with Crippen LogP contribution in [-0.2, 0) is 0 Å². The Morgan fingerprint density at radius 2 is 1.76 bits per heavy atom. The smallest absolute Gasteiger partial charge is 0.123 e. The molecule has 0 saturated heterocycles. The van der Waals surface area contributed by atoms with E-state index in [9.17, 15) is 4.39 Å². The van der Waals surface area contributed by atoms with Gasteiger partial charge in [0.1, 0.15) is 5.82 Å². The molecule has 1 unspecified atom stereocenters. The van der Waals surface area contributed by atoms with Crippen molar-refractivity contribution in [3.05, 3.63) is 35.1 Å². The van der Waals surface area contributed by atoms with Gasteiger partial charge in [-0.1, -0.05) is 31.7 Å². The second-order valence-corrected chi connectivity index (χ2v) is 6.63. The first-order valence-corrected chi connectivity index (χ1v) is 8.12. The van der Waals surface area contributed by atoms with Gasteiger partial charge in [0.2, 0.25) is 0 Å². The number of nitrogens with zero attached hydrogens (tertiary/aromatic N) is 1. The molecule has 1 aromatic rings. The van der Waals surface area contributed by atoms with Crippen molar-refractivity contribution in [2.75, 3.05) is 21.1 Å². The maximum atomic E-state index is 13.8. The van der Waals surface area contributed by atoms with Crippen LogP contribution >= 0.6 is 0 Å². The van der Waals surface area contributed by atoms with Crippen molar-refractivity contribution in [2.24, 2.45) is 0 Å². The van der Waals surface area contributed by atoms with E-state index in [4.69, 9.17) is 0 Å². The molecule has 0 bridgehead atoms. The molecule has 2 rings (SSSR count). The fourth-order valence-corrected chi connectivity index (χ4v) is 3.97. The zero-order chi connectivity index (χ0) is 15.5. The molecule has 0 aromatic heterocycles. The van der Waals surface area contributed by atoms with Crippen molar-refractivity contribution in [1.29, 1.82) is 0 Å². The first-order valence-electron chi connectivity index (χ1n) is 8.12. The van der Waals surface area contributed by atoms with E-state index < -0.39 is 0 Å². The third-order valence-corrected chi connectivity index (χ3v) is 5.24. The lowest BCUT2D eigenvalue weighted by molar-refractivity contribution is 0.0830.